The van der Waals surface area contributed by atoms with Crippen molar-refractivity contribution in [1.29, 1.82) is 0 Å². The number of aromatic nitrogens is 3. The zero-order valence-electron chi connectivity index (χ0n) is 15.6. The van der Waals surface area contributed by atoms with Crippen LogP contribution >= 0.6 is 0 Å². The number of nitrogens with zero attached hydrogens (tertiary/aromatic N) is 3. The van der Waals surface area contributed by atoms with Crippen LogP contribution in [0.5, 0.6) is 0 Å². The molecule has 0 fully saturated rings. The van der Waals surface area contributed by atoms with E-state index in [1.807, 2.05) is 30.5 Å². The topological polar surface area (TPSA) is 68.4 Å². The molecule has 1 amide bonds. The fourth-order valence-electron chi connectivity index (χ4n) is 3.70. The maximum Gasteiger partial charge on any atom is 0.276 e. The second kappa shape index (κ2) is 7.39. The monoisotopic (exact) mass is 364 g/mol. The number of hydrogen-bond donors (Lipinski definition) is 1. The van der Waals surface area contributed by atoms with Crippen LogP contribution in [0.1, 0.15) is 43.0 Å². The number of rotatable bonds is 5. The zero-order chi connectivity index (χ0) is 18.8. The van der Waals surface area contributed by atoms with E-state index in [0.717, 1.165) is 49.0 Å². The molecule has 2 aromatic heterocycles. The fourth-order valence-corrected chi connectivity index (χ4v) is 3.70. The van der Waals surface area contributed by atoms with Gasteiger partial charge in [0.05, 0.1) is 5.69 Å². The van der Waals surface area contributed by atoms with Gasteiger partial charge in [0.2, 0.25) is 5.91 Å². The van der Waals surface area contributed by atoms with Crippen molar-refractivity contribution in [2.24, 2.45) is 0 Å². The van der Waals surface area contributed by atoms with E-state index in [1.165, 1.54) is 5.56 Å². The Morgan fingerprint density at radius 3 is 2.70 bits per heavy atom. The van der Waals surface area contributed by atoms with E-state index in [9.17, 15) is 9.59 Å². The SMILES string of the molecule is CCc1ccc(NC(=O)CCn2ccn3nc4c(c3c2=O)CCCC4)cc1. The molecule has 0 saturated carbocycles. The molecule has 27 heavy (non-hydrogen) atoms. The van der Waals surface area contributed by atoms with Crippen LogP contribution in [-0.4, -0.2) is 20.1 Å². The predicted molar refractivity (Wildman–Crippen MR) is 105 cm³/mol. The van der Waals surface area contributed by atoms with Crippen LogP contribution in [0.4, 0.5) is 5.69 Å². The lowest BCUT2D eigenvalue weighted by Gasteiger charge is -2.10. The Morgan fingerprint density at radius 2 is 1.93 bits per heavy atom. The van der Waals surface area contributed by atoms with Crippen LogP contribution in [0.2, 0.25) is 0 Å². The lowest BCUT2D eigenvalue weighted by Crippen LogP contribution is -2.24. The number of fused-ring (bicyclic) bond motifs is 3. The summed E-state index contributed by atoms with van der Waals surface area (Å²) in [5, 5.41) is 7.44. The molecule has 0 saturated heterocycles. The number of amides is 1. The number of carbonyl (C=O) groups is 1. The highest BCUT2D eigenvalue weighted by Gasteiger charge is 2.19. The summed E-state index contributed by atoms with van der Waals surface area (Å²) in [4.78, 5) is 25.1. The van der Waals surface area contributed by atoms with Crippen molar-refractivity contribution in [3.05, 3.63) is 63.8 Å². The first kappa shape index (κ1) is 17.5. The molecule has 6 nitrogen and oxygen atoms in total. The van der Waals surface area contributed by atoms with Gasteiger partial charge in [0.25, 0.3) is 5.56 Å². The molecule has 2 heterocycles. The largest absolute Gasteiger partial charge is 0.326 e. The van der Waals surface area contributed by atoms with Crippen LogP contribution in [0.3, 0.4) is 0 Å². The van der Waals surface area contributed by atoms with E-state index in [-0.39, 0.29) is 17.9 Å². The summed E-state index contributed by atoms with van der Waals surface area (Å²) in [7, 11) is 0. The zero-order valence-corrected chi connectivity index (χ0v) is 15.6. The van der Waals surface area contributed by atoms with Gasteiger partial charge in [0, 0.05) is 36.6 Å². The van der Waals surface area contributed by atoms with Gasteiger partial charge in [-0.25, -0.2) is 4.52 Å². The number of hydrogen-bond acceptors (Lipinski definition) is 3. The molecule has 1 aliphatic rings. The van der Waals surface area contributed by atoms with Gasteiger partial charge >= 0.3 is 0 Å². The molecule has 6 heteroatoms. The Morgan fingerprint density at radius 1 is 1.15 bits per heavy atom. The van der Waals surface area contributed by atoms with Crippen LogP contribution in [0, 0.1) is 0 Å². The summed E-state index contributed by atoms with van der Waals surface area (Å²) in [5.74, 6) is -0.0958. The number of aryl methyl sites for hydroxylation is 4. The molecule has 0 atom stereocenters. The summed E-state index contributed by atoms with van der Waals surface area (Å²) in [6, 6.07) is 7.84. The second-order valence-electron chi connectivity index (χ2n) is 7.07. The van der Waals surface area contributed by atoms with Crippen molar-refractivity contribution in [2.75, 3.05) is 5.32 Å². The number of nitrogens with one attached hydrogen (secondary N) is 1. The Labute approximate surface area is 157 Å². The summed E-state index contributed by atoms with van der Waals surface area (Å²) >= 11 is 0. The van der Waals surface area contributed by atoms with Gasteiger partial charge in [0.1, 0.15) is 5.52 Å². The van der Waals surface area contributed by atoms with Gasteiger partial charge in [-0.3, -0.25) is 9.59 Å². The number of benzene rings is 1. The van der Waals surface area contributed by atoms with Gasteiger partial charge in [-0.15, -0.1) is 0 Å². The first-order valence-corrected chi connectivity index (χ1v) is 9.64. The summed E-state index contributed by atoms with van der Waals surface area (Å²) < 4.78 is 3.32. The van der Waals surface area contributed by atoms with Gasteiger partial charge in [-0.1, -0.05) is 19.1 Å². The molecule has 0 bridgehead atoms. The molecule has 1 N–H and O–H groups in total. The Balaban J connectivity index is 1.47. The van der Waals surface area contributed by atoms with Crippen molar-refractivity contribution < 1.29 is 4.79 Å². The Hall–Kier alpha value is -2.89. The number of carbonyl (C=O) groups excluding carboxylic acids is 1. The van der Waals surface area contributed by atoms with Crippen molar-refractivity contribution in [1.82, 2.24) is 14.2 Å². The standard InChI is InChI=1S/C21H24N4O2/c1-2-15-7-9-16(10-8-15)22-19(26)11-12-24-13-14-25-20(21(24)27)17-5-3-4-6-18(17)23-25/h7-10,13-14H,2-6,11-12H2,1H3,(H,22,26). The average molecular weight is 364 g/mol. The molecule has 0 aliphatic heterocycles. The van der Waals surface area contributed by atoms with E-state index < -0.39 is 0 Å². The smallest absolute Gasteiger partial charge is 0.276 e. The maximum atomic E-state index is 12.9. The molecular weight excluding hydrogens is 340 g/mol. The van der Waals surface area contributed by atoms with Crippen molar-refractivity contribution in [3.63, 3.8) is 0 Å². The van der Waals surface area contributed by atoms with Crippen molar-refractivity contribution in [2.45, 2.75) is 52.0 Å². The predicted octanol–water partition coefficient (Wildman–Crippen LogP) is 2.97. The highest BCUT2D eigenvalue weighted by Crippen LogP contribution is 2.22. The Kier molecular flexibility index (Phi) is 4.79. The Bertz CT molecular complexity index is 1030. The third-order valence-electron chi connectivity index (χ3n) is 5.26. The third-order valence-corrected chi connectivity index (χ3v) is 5.26. The minimum absolute atomic E-state index is 0.0618. The van der Waals surface area contributed by atoms with Crippen LogP contribution in [0.25, 0.3) is 5.52 Å². The van der Waals surface area contributed by atoms with Crippen molar-refractivity contribution in [3.8, 4) is 0 Å². The first-order valence-electron chi connectivity index (χ1n) is 9.64. The average Bonchev–Trinajstić information content (AvgIpc) is 3.07. The molecule has 1 aliphatic carbocycles. The molecule has 140 valence electrons. The molecule has 3 aromatic rings. The van der Waals surface area contributed by atoms with Crippen molar-refractivity contribution >= 4 is 17.1 Å². The third kappa shape index (κ3) is 3.52. The maximum absolute atomic E-state index is 12.9. The molecule has 4 rings (SSSR count). The lowest BCUT2D eigenvalue weighted by atomic mass is 9.97. The minimum Gasteiger partial charge on any atom is -0.326 e. The van der Waals surface area contributed by atoms with E-state index in [1.54, 1.807) is 15.3 Å². The number of anilines is 1. The summed E-state index contributed by atoms with van der Waals surface area (Å²) in [6.07, 6.45) is 8.84. The normalized spacial score (nSPS) is 13.5. The molecule has 0 radical (unpaired) electrons. The minimum atomic E-state index is -0.0958. The summed E-state index contributed by atoms with van der Waals surface area (Å²) in [5.41, 5.74) is 4.75. The van der Waals surface area contributed by atoms with Crippen LogP contribution in [0.15, 0.2) is 41.5 Å². The molecule has 0 spiro atoms. The lowest BCUT2D eigenvalue weighted by molar-refractivity contribution is -0.116. The van der Waals surface area contributed by atoms with Crippen LogP contribution in [-0.2, 0) is 30.6 Å². The van der Waals surface area contributed by atoms with Gasteiger partial charge < -0.3 is 9.88 Å². The van der Waals surface area contributed by atoms with E-state index in [0.29, 0.717) is 12.1 Å². The molecule has 0 unspecified atom stereocenters. The molecular formula is C21H24N4O2. The quantitative estimate of drug-likeness (QED) is 0.757. The van der Waals surface area contributed by atoms with Gasteiger partial charge in [-0.05, 0) is 49.8 Å². The fraction of sp³-hybridized carbons (Fsp3) is 0.381. The van der Waals surface area contributed by atoms with E-state index >= 15 is 0 Å². The van der Waals surface area contributed by atoms with Crippen LogP contribution < -0.4 is 10.9 Å². The molecule has 1 aromatic carbocycles. The first-order chi connectivity index (χ1) is 13.2. The van der Waals surface area contributed by atoms with E-state index in [2.05, 4.69) is 17.3 Å². The van der Waals surface area contributed by atoms with Gasteiger partial charge in [0.15, 0.2) is 0 Å². The summed E-state index contributed by atoms with van der Waals surface area (Å²) in [6.45, 7) is 2.45. The highest BCUT2D eigenvalue weighted by atomic mass is 16.2. The second-order valence-corrected chi connectivity index (χ2v) is 7.07. The van der Waals surface area contributed by atoms with Gasteiger partial charge in [-0.2, -0.15) is 5.10 Å². The van der Waals surface area contributed by atoms with E-state index in [4.69, 9.17) is 0 Å². The highest BCUT2D eigenvalue weighted by molar-refractivity contribution is 5.90.